The summed E-state index contributed by atoms with van der Waals surface area (Å²) in [7, 11) is 5.39. The van der Waals surface area contributed by atoms with Gasteiger partial charge in [-0.3, -0.25) is 9.59 Å². The van der Waals surface area contributed by atoms with Gasteiger partial charge in [0, 0.05) is 19.3 Å². The molecule has 56 heavy (non-hydrogen) atoms. The van der Waals surface area contributed by atoms with E-state index in [1.165, 1.54) is 103 Å². The van der Waals surface area contributed by atoms with E-state index in [9.17, 15) is 19.5 Å². The van der Waals surface area contributed by atoms with Crippen LogP contribution in [0.25, 0.3) is 0 Å². The number of carbonyl (C=O) groups excluding carboxylic acids is 3. The second-order valence-electron chi connectivity index (χ2n) is 16.3. The zero-order valence-electron chi connectivity index (χ0n) is 36.8. The number of carbonyl (C=O) groups is 3. The van der Waals surface area contributed by atoms with Gasteiger partial charge >= 0.3 is 11.9 Å². The number of hydrogen-bond donors (Lipinski definition) is 0. The Kier molecular flexibility index (Phi) is 37.2. The van der Waals surface area contributed by atoms with E-state index in [0.29, 0.717) is 12.8 Å². The van der Waals surface area contributed by atoms with E-state index < -0.39 is 18.1 Å². The van der Waals surface area contributed by atoms with Crippen LogP contribution in [0.3, 0.4) is 0 Å². The van der Waals surface area contributed by atoms with E-state index in [4.69, 9.17) is 14.2 Å². The Hall–Kier alpha value is -2.71. The number of esters is 2. The molecule has 2 atom stereocenters. The molecule has 0 heterocycles. The lowest BCUT2D eigenvalue weighted by Gasteiger charge is -2.34. The molecule has 0 amide bonds. The van der Waals surface area contributed by atoms with E-state index >= 15 is 0 Å². The van der Waals surface area contributed by atoms with Gasteiger partial charge in [-0.05, 0) is 64.2 Å². The molecule has 8 heteroatoms. The maximum absolute atomic E-state index is 12.7. The smallest absolute Gasteiger partial charge is 0.306 e. The van der Waals surface area contributed by atoms with Crippen LogP contribution in [0.1, 0.15) is 187 Å². The van der Waals surface area contributed by atoms with Crippen molar-refractivity contribution in [2.45, 2.75) is 199 Å². The lowest BCUT2D eigenvalue weighted by Crippen LogP contribution is -2.55. The summed E-state index contributed by atoms with van der Waals surface area (Å²) in [5, 5.41) is 11.6. The molecule has 0 bridgehead atoms. The van der Waals surface area contributed by atoms with E-state index in [-0.39, 0.29) is 49.1 Å². The number of likely N-dealkylation sites (N-methyl/N-ethyl adjacent to an activating group) is 1. The summed E-state index contributed by atoms with van der Waals surface area (Å²) in [5.41, 5.74) is 0. The molecule has 0 saturated heterocycles. The summed E-state index contributed by atoms with van der Waals surface area (Å²) in [6.45, 7) is 4.48. The van der Waals surface area contributed by atoms with E-state index in [1.54, 1.807) is 21.1 Å². The third-order valence-corrected chi connectivity index (χ3v) is 9.95. The lowest BCUT2D eigenvalue weighted by atomic mass is 10.1. The molecule has 0 fully saturated rings. The maximum atomic E-state index is 12.7. The number of carboxylic acid groups (broad SMARTS) is 1. The highest BCUT2D eigenvalue weighted by atomic mass is 16.6. The average molecular weight is 788 g/mol. The second-order valence-corrected chi connectivity index (χ2v) is 16.3. The van der Waals surface area contributed by atoms with Gasteiger partial charge in [0.2, 0.25) is 0 Å². The normalized spacial score (nSPS) is 13.4. The summed E-state index contributed by atoms with van der Waals surface area (Å²) in [6.07, 6.45) is 45.9. The van der Waals surface area contributed by atoms with Crippen molar-refractivity contribution in [2.24, 2.45) is 0 Å². The fraction of sp³-hybridized carbons (Fsp3) is 0.771. The Morgan fingerprint density at radius 2 is 1.02 bits per heavy atom. The molecule has 0 aromatic rings. The molecule has 0 radical (unpaired) electrons. The van der Waals surface area contributed by atoms with Gasteiger partial charge in [0.25, 0.3) is 0 Å². The van der Waals surface area contributed by atoms with Gasteiger partial charge in [-0.15, -0.1) is 0 Å². The van der Waals surface area contributed by atoms with Crippen LogP contribution in [-0.4, -0.2) is 75.5 Å². The highest BCUT2D eigenvalue weighted by Gasteiger charge is 2.25. The molecule has 0 aliphatic heterocycles. The summed E-state index contributed by atoms with van der Waals surface area (Å²) in [5.74, 6) is -1.81. The first-order valence-corrected chi connectivity index (χ1v) is 22.7. The summed E-state index contributed by atoms with van der Waals surface area (Å²) in [4.78, 5) is 36.8. The Labute approximate surface area is 344 Å². The number of aliphatic carboxylic acids is 1. The molecule has 0 N–H and O–H groups in total. The predicted molar refractivity (Wildman–Crippen MR) is 231 cm³/mol. The van der Waals surface area contributed by atoms with Crippen molar-refractivity contribution < 1.29 is 38.2 Å². The molecule has 0 aliphatic rings. The SMILES string of the molecule is CC/C=C/C/C=C/C/C=C/CCCC(=O)OCC(COCCC(C(=O)[O-])[N+](C)(C)C)OC(=O)CCCCCCCCC/C=C/CCCCCCCCCCCC. The highest BCUT2D eigenvalue weighted by Crippen LogP contribution is 2.14. The molecule has 8 nitrogen and oxygen atoms in total. The third kappa shape index (κ3) is 36.9. The Morgan fingerprint density at radius 3 is 1.55 bits per heavy atom. The van der Waals surface area contributed by atoms with Crippen LogP contribution in [0.4, 0.5) is 0 Å². The van der Waals surface area contributed by atoms with Crippen molar-refractivity contribution in [1.82, 2.24) is 0 Å². The molecule has 324 valence electrons. The number of carboxylic acids is 1. The quantitative estimate of drug-likeness (QED) is 0.0264. The Morgan fingerprint density at radius 1 is 0.554 bits per heavy atom. The van der Waals surface area contributed by atoms with Gasteiger partial charge in [0.1, 0.15) is 12.6 Å². The number of nitrogens with zero attached hydrogens (tertiary/aromatic N) is 1. The topological polar surface area (TPSA) is 102 Å². The summed E-state index contributed by atoms with van der Waals surface area (Å²) in [6, 6.07) is -0.734. The second kappa shape index (κ2) is 39.1. The minimum Gasteiger partial charge on any atom is -0.544 e. The average Bonchev–Trinajstić information content (AvgIpc) is 3.15. The zero-order valence-corrected chi connectivity index (χ0v) is 36.8. The van der Waals surface area contributed by atoms with E-state index in [0.717, 1.165) is 44.9 Å². The number of rotatable bonds is 40. The van der Waals surface area contributed by atoms with Crippen molar-refractivity contribution >= 4 is 17.9 Å². The summed E-state index contributed by atoms with van der Waals surface area (Å²) < 4.78 is 17.1. The standard InChI is InChI=1S/C48H85NO7/c1-6-8-10-12-14-16-18-19-20-21-22-23-24-25-26-27-29-31-33-35-37-39-47(51)56-44(42-54-41-40-45(48(52)53)49(3,4)5)43-55-46(50)38-36-34-32-30-28-17-15-13-11-9-7-2/h9,11,15,17,23-24,30,32,44-45H,6-8,10,12-14,16,18-22,25-29,31,33-43H2,1-5H3/b11-9+,17-15+,24-23+,32-30+. The van der Waals surface area contributed by atoms with E-state index in [2.05, 4.69) is 62.5 Å². The molecule has 0 spiro atoms. The lowest BCUT2D eigenvalue weighted by molar-refractivity contribution is -0.889. The summed E-state index contributed by atoms with van der Waals surface area (Å²) >= 11 is 0. The maximum Gasteiger partial charge on any atom is 0.306 e. The fourth-order valence-electron chi connectivity index (χ4n) is 6.44. The van der Waals surface area contributed by atoms with Gasteiger partial charge in [0.05, 0.1) is 40.3 Å². The van der Waals surface area contributed by atoms with Crippen LogP contribution in [0.15, 0.2) is 48.6 Å². The highest BCUT2D eigenvalue weighted by molar-refractivity contribution is 5.70. The molecule has 0 saturated carbocycles. The Balaban J connectivity index is 4.30. The number of allylic oxidation sites excluding steroid dienone is 8. The van der Waals surface area contributed by atoms with Gasteiger partial charge < -0.3 is 28.6 Å². The molecule has 0 aromatic carbocycles. The first kappa shape index (κ1) is 53.3. The van der Waals surface area contributed by atoms with Crippen LogP contribution in [0.5, 0.6) is 0 Å². The number of hydrogen-bond acceptors (Lipinski definition) is 7. The minimum atomic E-state index is -1.13. The first-order chi connectivity index (χ1) is 27.1. The van der Waals surface area contributed by atoms with Gasteiger partial charge in [-0.2, -0.15) is 0 Å². The number of ether oxygens (including phenoxy) is 3. The molecular formula is C48H85NO7. The third-order valence-electron chi connectivity index (χ3n) is 9.95. The number of quaternary nitrogens is 1. The predicted octanol–water partition coefficient (Wildman–Crippen LogP) is 11.1. The van der Waals surface area contributed by atoms with Gasteiger partial charge in [0.15, 0.2) is 6.10 Å². The minimum absolute atomic E-state index is 0.0227. The van der Waals surface area contributed by atoms with Crippen LogP contribution >= 0.6 is 0 Å². The van der Waals surface area contributed by atoms with Crippen LogP contribution in [0, 0.1) is 0 Å². The molecule has 0 aromatic heterocycles. The zero-order chi connectivity index (χ0) is 41.4. The fourth-order valence-corrected chi connectivity index (χ4v) is 6.44. The van der Waals surface area contributed by atoms with Crippen molar-refractivity contribution in [1.29, 1.82) is 0 Å². The molecule has 0 aliphatic carbocycles. The van der Waals surface area contributed by atoms with Crippen LogP contribution in [-0.2, 0) is 28.6 Å². The molecule has 0 rings (SSSR count). The van der Waals surface area contributed by atoms with Crippen molar-refractivity contribution in [3.8, 4) is 0 Å². The first-order valence-electron chi connectivity index (χ1n) is 22.7. The van der Waals surface area contributed by atoms with Gasteiger partial charge in [-0.25, -0.2) is 0 Å². The molecule has 2 unspecified atom stereocenters. The largest absolute Gasteiger partial charge is 0.544 e. The molecular weight excluding hydrogens is 703 g/mol. The monoisotopic (exact) mass is 788 g/mol. The number of unbranched alkanes of at least 4 members (excludes halogenated alkanes) is 18. The van der Waals surface area contributed by atoms with Crippen molar-refractivity contribution in [2.75, 3.05) is 41.0 Å². The van der Waals surface area contributed by atoms with Crippen LogP contribution in [0.2, 0.25) is 0 Å². The van der Waals surface area contributed by atoms with E-state index in [1.807, 2.05) is 0 Å². The van der Waals surface area contributed by atoms with Crippen LogP contribution < -0.4 is 5.11 Å². The van der Waals surface area contributed by atoms with Gasteiger partial charge in [-0.1, -0.05) is 152 Å². The van der Waals surface area contributed by atoms with Crippen molar-refractivity contribution in [3.05, 3.63) is 48.6 Å². The Bertz CT molecular complexity index is 1060. The van der Waals surface area contributed by atoms with Crippen molar-refractivity contribution in [3.63, 3.8) is 0 Å².